The first-order valence-corrected chi connectivity index (χ1v) is 6.25. The zero-order valence-electron chi connectivity index (χ0n) is 8.82. The van der Waals surface area contributed by atoms with Crippen LogP contribution in [0.2, 0.25) is 0 Å². The summed E-state index contributed by atoms with van der Waals surface area (Å²) >= 11 is 0. The summed E-state index contributed by atoms with van der Waals surface area (Å²) < 4.78 is 39.5. The highest BCUT2D eigenvalue weighted by Gasteiger charge is 2.13. The minimum Gasteiger partial charge on any atom is -0.262 e. The molecule has 5 heteroatoms. The van der Waals surface area contributed by atoms with Gasteiger partial charge in [-0.25, -0.2) is 4.39 Å². The van der Waals surface area contributed by atoms with E-state index < -0.39 is 22.0 Å². The molecule has 1 aromatic rings. The van der Waals surface area contributed by atoms with E-state index in [9.17, 15) is 12.8 Å². The second kappa shape index (κ2) is 4.28. The Bertz CT molecular complexity index is 433. The summed E-state index contributed by atoms with van der Waals surface area (Å²) in [5, 5.41) is 0. The molecule has 84 valence electrons. The zero-order chi connectivity index (χ0) is 11.6. The summed E-state index contributed by atoms with van der Waals surface area (Å²) in [7, 11) is -3.52. The van der Waals surface area contributed by atoms with Crippen molar-refractivity contribution in [3.63, 3.8) is 0 Å². The highest BCUT2D eigenvalue weighted by molar-refractivity contribution is 7.86. The van der Waals surface area contributed by atoms with E-state index in [2.05, 4.69) is 0 Å². The fraction of sp³-hybridized carbons (Fsp3) is 0.400. The lowest BCUT2D eigenvalue weighted by molar-refractivity contribution is 0.236. The first-order valence-electron chi connectivity index (χ1n) is 4.43. The van der Waals surface area contributed by atoms with E-state index in [1.54, 1.807) is 19.9 Å². The van der Waals surface area contributed by atoms with Gasteiger partial charge in [0.25, 0.3) is 10.1 Å². The maximum atomic E-state index is 13.0. The van der Waals surface area contributed by atoms with Crippen molar-refractivity contribution in [2.45, 2.75) is 20.0 Å². The van der Waals surface area contributed by atoms with Crippen molar-refractivity contribution in [3.05, 3.63) is 35.1 Å². The molecule has 0 fully saturated rings. The second-order valence-corrected chi connectivity index (χ2v) is 5.11. The molecule has 1 aromatic carbocycles. The van der Waals surface area contributed by atoms with Crippen molar-refractivity contribution in [1.82, 2.24) is 0 Å². The molecule has 1 atom stereocenters. The van der Waals surface area contributed by atoms with Gasteiger partial charge in [-0.05, 0) is 37.1 Å². The largest absolute Gasteiger partial charge is 0.264 e. The molecule has 0 heterocycles. The monoisotopic (exact) mass is 232 g/mol. The Kier molecular flexibility index (Phi) is 3.46. The lowest BCUT2D eigenvalue weighted by Crippen LogP contribution is -2.07. The van der Waals surface area contributed by atoms with Crippen LogP contribution < -0.4 is 0 Å². The fourth-order valence-corrected chi connectivity index (χ4v) is 1.95. The number of halogens is 1. The highest BCUT2D eigenvalue weighted by atomic mass is 32.2. The van der Waals surface area contributed by atoms with Crippen LogP contribution >= 0.6 is 0 Å². The molecule has 0 aromatic heterocycles. The van der Waals surface area contributed by atoms with Crippen LogP contribution in [0.15, 0.2) is 18.2 Å². The van der Waals surface area contributed by atoms with E-state index >= 15 is 0 Å². The van der Waals surface area contributed by atoms with Crippen molar-refractivity contribution in [1.29, 1.82) is 0 Å². The third-order valence-corrected chi connectivity index (χ3v) is 2.49. The topological polar surface area (TPSA) is 43.4 Å². The molecule has 1 rings (SSSR count). The summed E-state index contributed by atoms with van der Waals surface area (Å²) in [4.78, 5) is 0. The van der Waals surface area contributed by atoms with Crippen LogP contribution in [-0.2, 0) is 14.3 Å². The average Bonchev–Trinajstić information content (AvgIpc) is 1.98. The molecule has 0 aliphatic rings. The first kappa shape index (κ1) is 12.1. The Morgan fingerprint density at radius 2 is 1.93 bits per heavy atom. The minimum atomic E-state index is -3.52. The van der Waals surface area contributed by atoms with Gasteiger partial charge in [-0.1, -0.05) is 6.07 Å². The van der Waals surface area contributed by atoms with Gasteiger partial charge < -0.3 is 0 Å². The molecule has 0 aliphatic heterocycles. The molecule has 0 bridgehead atoms. The Morgan fingerprint density at radius 3 is 2.40 bits per heavy atom. The van der Waals surface area contributed by atoms with Crippen molar-refractivity contribution in [2.75, 3.05) is 6.26 Å². The molecular formula is C10H13FO3S. The number of benzene rings is 1. The smallest absolute Gasteiger partial charge is 0.262 e. The van der Waals surface area contributed by atoms with Crippen LogP contribution in [-0.4, -0.2) is 14.7 Å². The number of aryl methyl sites for hydroxylation is 1. The predicted molar refractivity (Wildman–Crippen MR) is 55.5 cm³/mol. The first-order chi connectivity index (χ1) is 6.78. The zero-order valence-corrected chi connectivity index (χ0v) is 9.64. The summed E-state index contributed by atoms with van der Waals surface area (Å²) in [6, 6.07) is 4.33. The van der Waals surface area contributed by atoms with E-state index in [0.717, 1.165) is 11.8 Å². The number of hydrogen-bond donors (Lipinski definition) is 0. The van der Waals surface area contributed by atoms with Gasteiger partial charge in [0.2, 0.25) is 0 Å². The maximum absolute atomic E-state index is 13.0. The molecular weight excluding hydrogens is 219 g/mol. The highest BCUT2D eigenvalue weighted by Crippen LogP contribution is 2.20. The summed E-state index contributed by atoms with van der Waals surface area (Å²) in [6.45, 7) is 3.30. The average molecular weight is 232 g/mol. The molecule has 0 aliphatic carbocycles. The van der Waals surface area contributed by atoms with E-state index in [4.69, 9.17) is 4.18 Å². The molecule has 0 amide bonds. The molecule has 3 nitrogen and oxygen atoms in total. The van der Waals surface area contributed by atoms with Gasteiger partial charge in [0.1, 0.15) is 5.82 Å². The molecule has 0 radical (unpaired) electrons. The summed E-state index contributed by atoms with van der Waals surface area (Å²) in [5.41, 5.74) is 1.24. The fourth-order valence-electron chi connectivity index (χ4n) is 1.32. The molecule has 0 saturated carbocycles. The second-order valence-electron chi connectivity index (χ2n) is 3.50. The molecule has 1 unspecified atom stereocenters. The van der Waals surface area contributed by atoms with Crippen molar-refractivity contribution in [2.24, 2.45) is 0 Å². The lowest BCUT2D eigenvalue weighted by Gasteiger charge is -2.12. The minimum absolute atomic E-state index is 0.394. The van der Waals surface area contributed by atoms with Gasteiger partial charge in [0, 0.05) is 0 Å². The van der Waals surface area contributed by atoms with Gasteiger partial charge in [-0.15, -0.1) is 0 Å². The van der Waals surface area contributed by atoms with Crippen LogP contribution in [0, 0.1) is 12.7 Å². The third-order valence-electron chi connectivity index (χ3n) is 1.85. The molecule has 0 spiro atoms. The van der Waals surface area contributed by atoms with Crippen LogP contribution in [0.3, 0.4) is 0 Å². The van der Waals surface area contributed by atoms with Gasteiger partial charge >= 0.3 is 0 Å². The number of hydrogen-bond acceptors (Lipinski definition) is 3. The van der Waals surface area contributed by atoms with Crippen molar-refractivity contribution >= 4 is 10.1 Å². The molecule has 15 heavy (non-hydrogen) atoms. The van der Waals surface area contributed by atoms with Gasteiger partial charge in [0.05, 0.1) is 12.4 Å². The lowest BCUT2D eigenvalue weighted by atomic mass is 10.1. The predicted octanol–water partition coefficient (Wildman–Crippen LogP) is 2.17. The summed E-state index contributed by atoms with van der Waals surface area (Å²) in [5.74, 6) is -0.394. The SMILES string of the molecule is Cc1cc(F)cc(C(C)OS(C)(=O)=O)c1. The Labute approximate surface area is 89.0 Å². The number of rotatable bonds is 3. The van der Waals surface area contributed by atoms with Crippen LogP contribution in [0.4, 0.5) is 4.39 Å². The molecule has 0 N–H and O–H groups in total. The van der Waals surface area contributed by atoms with E-state index in [1.807, 2.05) is 0 Å². The maximum Gasteiger partial charge on any atom is 0.264 e. The van der Waals surface area contributed by atoms with E-state index in [-0.39, 0.29) is 0 Å². The van der Waals surface area contributed by atoms with Crippen molar-refractivity contribution < 1.29 is 17.0 Å². The van der Waals surface area contributed by atoms with Gasteiger partial charge in [0.15, 0.2) is 0 Å². The summed E-state index contributed by atoms with van der Waals surface area (Å²) in [6.07, 6.45) is 0.296. The molecule has 0 saturated heterocycles. The van der Waals surface area contributed by atoms with Crippen molar-refractivity contribution in [3.8, 4) is 0 Å². The standard InChI is InChI=1S/C10H13FO3S/c1-7-4-9(6-10(11)5-7)8(2)14-15(3,12)13/h4-6,8H,1-3H3. The van der Waals surface area contributed by atoms with E-state index in [0.29, 0.717) is 5.56 Å². The van der Waals surface area contributed by atoms with Crippen LogP contribution in [0.5, 0.6) is 0 Å². The Hall–Kier alpha value is -0.940. The Morgan fingerprint density at radius 1 is 1.33 bits per heavy atom. The van der Waals surface area contributed by atoms with Crippen LogP contribution in [0.25, 0.3) is 0 Å². The van der Waals surface area contributed by atoms with Crippen LogP contribution in [0.1, 0.15) is 24.2 Å². The van der Waals surface area contributed by atoms with Gasteiger partial charge in [-0.3, -0.25) is 4.18 Å². The third kappa shape index (κ3) is 3.97. The Balaban J connectivity index is 2.96. The van der Waals surface area contributed by atoms with Gasteiger partial charge in [-0.2, -0.15) is 8.42 Å². The normalized spacial score (nSPS) is 13.9. The quantitative estimate of drug-likeness (QED) is 0.750. The van der Waals surface area contributed by atoms with E-state index in [1.165, 1.54) is 12.1 Å².